The number of aromatic nitrogens is 1. The van der Waals surface area contributed by atoms with E-state index in [-0.39, 0.29) is 24.8 Å². The number of amides is 1. The van der Waals surface area contributed by atoms with Crippen molar-refractivity contribution in [1.29, 1.82) is 0 Å². The van der Waals surface area contributed by atoms with Crippen molar-refractivity contribution < 1.29 is 4.79 Å². The molecule has 26 heavy (non-hydrogen) atoms. The minimum Gasteiger partial charge on any atom is -0.345 e. The smallest absolute Gasteiger partial charge is 0.222 e. The minimum atomic E-state index is 0. The van der Waals surface area contributed by atoms with Gasteiger partial charge in [-0.1, -0.05) is 13.8 Å². The first-order valence-electron chi connectivity index (χ1n) is 9.35. The van der Waals surface area contributed by atoms with Gasteiger partial charge in [-0.3, -0.25) is 4.79 Å². The summed E-state index contributed by atoms with van der Waals surface area (Å²) in [6.07, 6.45) is 6.17. The molecular weight excluding hydrogens is 391 g/mol. The Morgan fingerprint density at radius 3 is 2.50 bits per heavy atom. The number of piperazine rings is 1. The van der Waals surface area contributed by atoms with Crippen LogP contribution >= 0.6 is 36.2 Å². The molecule has 1 amide bonds. The van der Waals surface area contributed by atoms with Gasteiger partial charge in [0.1, 0.15) is 0 Å². The lowest BCUT2D eigenvalue weighted by Gasteiger charge is -2.36. The van der Waals surface area contributed by atoms with Gasteiger partial charge in [0, 0.05) is 43.7 Å². The highest BCUT2D eigenvalue weighted by atomic mass is 35.5. The topological polar surface area (TPSA) is 48.5 Å². The predicted octanol–water partition coefficient (Wildman–Crippen LogP) is 3.22. The normalized spacial score (nSPS) is 19.5. The van der Waals surface area contributed by atoms with Crippen molar-refractivity contribution in [1.82, 2.24) is 15.2 Å². The van der Waals surface area contributed by atoms with E-state index in [0.717, 1.165) is 50.8 Å². The third kappa shape index (κ3) is 5.98. The fourth-order valence-corrected chi connectivity index (χ4v) is 4.64. The lowest BCUT2D eigenvalue weighted by molar-refractivity contribution is -0.132. The number of carbonyl (C=O) groups is 1. The van der Waals surface area contributed by atoms with Crippen LogP contribution in [0.25, 0.3) is 0 Å². The van der Waals surface area contributed by atoms with E-state index in [1.807, 2.05) is 6.20 Å². The molecule has 1 aromatic rings. The second-order valence-electron chi connectivity index (χ2n) is 7.10. The first-order chi connectivity index (χ1) is 11.7. The Balaban J connectivity index is 0.00000169. The van der Waals surface area contributed by atoms with Crippen LogP contribution in [0.5, 0.6) is 0 Å². The Bertz CT molecular complexity index is 543. The number of carbonyl (C=O) groups excluding carboxylic acids is 1. The summed E-state index contributed by atoms with van der Waals surface area (Å²) in [7, 11) is 0. The maximum Gasteiger partial charge on any atom is 0.222 e. The fraction of sp³-hybridized carbons (Fsp3) is 0.778. The molecule has 1 aromatic heterocycles. The molecule has 2 aliphatic heterocycles. The summed E-state index contributed by atoms with van der Waals surface area (Å²) < 4.78 is 0. The third-order valence-corrected chi connectivity index (χ3v) is 6.68. The van der Waals surface area contributed by atoms with E-state index in [4.69, 9.17) is 0 Å². The number of anilines is 1. The standard InChI is InChI=1S/C18H30N4OS.2ClH/c1-3-16-13-20-18(24-16)22-10-8-21(9-11-22)17(23)12-14(2)15-4-6-19-7-5-15;;/h13-15,19H,3-12H2,1-2H3;2*1H. The molecule has 2 aliphatic rings. The zero-order valence-electron chi connectivity index (χ0n) is 15.8. The van der Waals surface area contributed by atoms with Crippen molar-refractivity contribution in [3.8, 4) is 0 Å². The molecule has 150 valence electrons. The zero-order chi connectivity index (χ0) is 16.9. The molecule has 0 saturated carbocycles. The van der Waals surface area contributed by atoms with Gasteiger partial charge in [0.2, 0.25) is 5.91 Å². The average molecular weight is 423 g/mol. The molecule has 2 fully saturated rings. The Morgan fingerprint density at radius 2 is 1.92 bits per heavy atom. The van der Waals surface area contributed by atoms with Crippen molar-refractivity contribution in [3.05, 3.63) is 11.1 Å². The molecule has 2 saturated heterocycles. The van der Waals surface area contributed by atoms with E-state index in [2.05, 4.69) is 33.9 Å². The second-order valence-corrected chi connectivity index (χ2v) is 8.19. The van der Waals surface area contributed by atoms with Gasteiger partial charge in [-0.2, -0.15) is 0 Å². The van der Waals surface area contributed by atoms with Crippen LogP contribution in [0.3, 0.4) is 0 Å². The Morgan fingerprint density at radius 1 is 1.27 bits per heavy atom. The number of aryl methyl sites for hydroxylation is 1. The zero-order valence-corrected chi connectivity index (χ0v) is 18.2. The largest absolute Gasteiger partial charge is 0.345 e. The SMILES string of the molecule is CCc1cnc(N2CCN(C(=O)CC(C)C3CCNCC3)CC2)s1.Cl.Cl. The molecule has 0 aromatic carbocycles. The summed E-state index contributed by atoms with van der Waals surface area (Å²) in [5, 5.41) is 4.52. The summed E-state index contributed by atoms with van der Waals surface area (Å²) in [5.41, 5.74) is 0. The van der Waals surface area contributed by atoms with Gasteiger partial charge in [0.15, 0.2) is 5.13 Å². The highest BCUT2D eigenvalue weighted by molar-refractivity contribution is 7.15. The summed E-state index contributed by atoms with van der Waals surface area (Å²) in [5.74, 6) is 1.55. The number of piperidine rings is 1. The molecule has 0 aliphatic carbocycles. The van der Waals surface area contributed by atoms with E-state index in [1.54, 1.807) is 11.3 Å². The molecule has 1 atom stereocenters. The van der Waals surface area contributed by atoms with E-state index < -0.39 is 0 Å². The highest BCUT2D eigenvalue weighted by Crippen LogP contribution is 2.26. The Labute approximate surface area is 173 Å². The number of rotatable bonds is 5. The predicted molar refractivity (Wildman–Crippen MR) is 114 cm³/mol. The molecule has 3 heterocycles. The highest BCUT2D eigenvalue weighted by Gasteiger charge is 2.27. The molecule has 8 heteroatoms. The van der Waals surface area contributed by atoms with Crippen LogP contribution in [0.2, 0.25) is 0 Å². The summed E-state index contributed by atoms with van der Waals surface area (Å²) in [6, 6.07) is 0. The van der Waals surface area contributed by atoms with Crippen molar-refractivity contribution >= 4 is 47.2 Å². The summed E-state index contributed by atoms with van der Waals surface area (Å²) in [4.78, 5) is 22.9. The Kier molecular flexibility index (Phi) is 10.2. The number of nitrogens with one attached hydrogen (secondary N) is 1. The first-order valence-corrected chi connectivity index (χ1v) is 10.2. The van der Waals surface area contributed by atoms with Gasteiger partial charge in [0.05, 0.1) is 0 Å². The molecule has 5 nitrogen and oxygen atoms in total. The molecule has 1 N–H and O–H groups in total. The van der Waals surface area contributed by atoms with E-state index >= 15 is 0 Å². The molecule has 3 rings (SSSR count). The van der Waals surface area contributed by atoms with Crippen molar-refractivity contribution in [2.75, 3.05) is 44.2 Å². The fourth-order valence-electron chi connectivity index (χ4n) is 3.74. The van der Waals surface area contributed by atoms with Crippen LogP contribution in [0.4, 0.5) is 5.13 Å². The maximum atomic E-state index is 12.6. The van der Waals surface area contributed by atoms with Crippen LogP contribution in [-0.4, -0.2) is 55.1 Å². The van der Waals surface area contributed by atoms with Crippen LogP contribution in [0.1, 0.15) is 38.0 Å². The van der Waals surface area contributed by atoms with Gasteiger partial charge in [-0.25, -0.2) is 4.98 Å². The number of hydrogen-bond acceptors (Lipinski definition) is 5. The number of nitrogens with zero attached hydrogens (tertiary/aromatic N) is 3. The monoisotopic (exact) mass is 422 g/mol. The van der Waals surface area contributed by atoms with Crippen LogP contribution in [0.15, 0.2) is 6.20 Å². The summed E-state index contributed by atoms with van der Waals surface area (Å²) >= 11 is 1.78. The van der Waals surface area contributed by atoms with Gasteiger partial charge in [0.25, 0.3) is 0 Å². The third-order valence-electron chi connectivity index (χ3n) is 5.48. The van der Waals surface area contributed by atoms with E-state index in [0.29, 0.717) is 24.2 Å². The van der Waals surface area contributed by atoms with Gasteiger partial charge in [-0.15, -0.1) is 36.2 Å². The quantitative estimate of drug-likeness (QED) is 0.790. The molecule has 0 bridgehead atoms. The van der Waals surface area contributed by atoms with Crippen LogP contribution in [0, 0.1) is 11.8 Å². The summed E-state index contributed by atoms with van der Waals surface area (Å²) in [6.45, 7) is 10.1. The lowest BCUT2D eigenvalue weighted by atomic mass is 9.84. The first kappa shape index (κ1) is 23.5. The van der Waals surface area contributed by atoms with Gasteiger partial charge < -0.3 is 15.1 Å². The molecule has 0 spiro atoms. The van der Waals surface area contributed by atoms with Crippen molar-refractivity contribution in [3.63, 3.8) is 0 Å². The number of halogens is 2. The van der Waals surface area contributed by atoms with Crippen molar-refractivity contribution in [2.45, 2.75) is 39.5 Å². The van der Waals surface area contributed by atoms with Crippen molar-refractivity contribution in [2.24, 2.45) is 11.8 Å². The Hall–Kier alpha value is -0.560. The van der Waals surface area contributed by atoms with Crippen LogP contribution in [-0.2, 0) is 11.2 Å². The number of hydrogen-bond donors (Lipinski definition) is 1. The van der Waals surface area contributed by atoms with Crippen LogP contribution < -0.4 is 10.2 Å². The molecule has 1 unspecified atom stereocenters. The van der Waals surface area contributed by atoms with Gasteiger partial charge in [-0.05, 0) is 44.2 Å². The van der Waals surface area contributed by atoms with E-state index in [9.17, 15) is 4.79 Å². The van der Waals surface area contributed by atoms with Gasteiger partial charge >= 0.3 is 0 Å². The maximum absolute atomic E-state index is 12.6. The van der Waals surface area contributed by atoms with E-state index in [1.165, 1.54) is 17.7 Å². The molecule has 0 radical (unpaired) electrons. The lowest BCUT2D eigenvalue weighted by Crippen LogP contribution is -2.49. The second kappa shape index (κ2) is 11.3. The average Bonchev–Trinajstić information content (AvgIpc) is 3.11. The minimum absolute atomic E-state index is 0. The molecular formula is C18H32Cl2N4OS. The number of thiazole rings is 1.